The van der Waals surface area contributed by atoms with Crippen LogP contribution in [0.1, 0.15) is 36.0 Å². The number of carbonyl (C=O) groups excluding carboxylic acids is 1. The number of hydrogen-bond acceptors (Lipinski definition) is 3. The maximum absolute atomic E-state index is 12.4. The molecule has 1 aromatic carbocycles. The van der Waals surface area contributed by atoms with Gasteiger partial charge in [-0.3, -0.25) is 4.79 Å². The molecular weight excluding hydrogens is 300 g/mol. The van der Waals surface area contributed by atoms with Gasteiger partial charge in [0.15, 0.2) is 0 Å². The van der Waals surface area contributed by atoms with E-state index in [9.17, 15) is 13.2 Å². The van der Waals surface area contributed by atoms with Gasteiger partial charge in [0.1, 0.15) is 0 Å². The molecule has 120 valence electrons. The van der Waals surface area contributed by atoms with Gasteiger partial charge in [-0.1, -0.05) is 12.5 Å². The van der Waals surface area contributed by atoms with Crippen LogP contribution in [0.15, 0.2) is 29.2 Å². The molecule has 2 saturated carbocycles. The van der Waals surface area contributed by atoms with E-state index in [2.05, 4.69) is 5.32 Å². The van der Waals surface area contributed by atoms with E-state index in [0.717, 1.165) is 16.6 Å². The molecule has 5 nitrogen and oxygen atoms in total. The summed E-state index contributed by atoms with van der Waals surface area (Å²) in [5, 5.41) is 3.09. The highest BCUT2D eigenvalue weighted by Gasteiger charge is 2.40. The zero-order valence-corrected chi connectivity index (χ0v) is 13.8. The predicted molar refractivity (Wildman–Crippen MR) is 84.0 cm³/mol. The first kappa shape index (κ1) is 15.5. The zero-order chi connectivity index (χ0) is 15.9. The third-order valence-corrected chi connectivity index (χ3v) is 6.74. The van der Waals surface area contributed by atoms with E-state index in [0.29, 0.717) is 11.5 Å². The number of nitrogens with zero attached hydrogens (tertiary/aromatic N) is 1. The van der Waals surface area contributed by atoms with Crippen molar-refractivity contribution in [3.05, 3.63) is 29.8 Å². The fraction of sp³-hybridized carbons (Fsp3) is 0.562. The lowest BCUT2D eigenvalue weighted by atomic mass is 9.95. The molecule has 0 aliphatic heterocycles. The van der Waals surface area contributed by atoms with Crippen LogP contribution in [0.25, 0.3) is 0 Å². The van der Waals surface area contributed by atoms with Crippen LogP contribution in [0.4, 0.5) is 0 Å². The van der Waals surface area contributed by atoms with Crippen molar-refractivity contribution in [1.82, 2.24) is 9.62 Å². The van der Waals surface area contributed by atoms with E-state index >= 15 is 0 Å². The first-order valence-electron chi connectivity index (χ1n) is 7.71. The number of carbonyl (C=O) groups is 1. The Hall–Kier alpha value is -1.40. The maximum Gasteiger partial charge on any atom is 0.251 e. The van der Waals surface area contributed by atoms with E-state index < -0.39 is 10.0 Å². The minimum Gasteiger partial charge on any atom is -0.349 e. The smallest absolute Gasteiger partial charge is 0.251 e. The summed E-state index contributed by atoms with van der Waals surface area (Å²) in [6, 6.07) is 6.51. The number of nitrogens with one attached hydrogen (secondary N) is 1. The molecule has 0 saturated heterocycles. The highest BCUT2D eigenvalue weighted by molar-refractivity contribution is 7.89. The molecule has 3 rings (SSSR count). The summed E-state index contributed by atoms with van der Waals surface area (Å²) < 4.78 is 25.5. The van der Waals surface area contributed by atoms with Gasteiger partial charge in [0, 0.05) is 25.7 Å². The van der Waals surface area contributed by atoms with Crippen molar-refractivity contribution < 1.29 is 13.2 Å². The van der Waals surface area contributed by atoms with Crippen LogP contribution < -0.4 is 5.32 Å². The molecule has 0 radical (unpaired) electrons. The fourth-order valence-corrected chi connectivity index (χ4v) is 4.63. The molecule has 1 aromatic rings. The van der Waals surface area contributed by atoms with Crippen LogP contribution in [0.2, 0.25) is 0 Å². The van der Waals surface area contributed by atoms with Gasteiger partial charge >= 0.3 is 0 Å². The molecule has 2 fully saturated rings. The molecule has 1 amide bonds. The molecule has 2 bridgehead atoms. The Morgan fingerprint density at radius 1 is 1.23 bits per heavy atom. The third-order valence-electron chi connectivity index (χ3n) is 4.93. The first-order valence-corrected chi connectivity index (χ1v) is 9.15. The van der Waals surface area contributed by atoms with Crippen molar-refractivity contribution in [3.8, 4) is 0 Å². The standard InChI is InChI=1S/C16H22N2O3S/c1-18(2)22(20,21)14-5-3-4-13(10-14)16(19)17-15-9-11-6-7-12(15)8-11/h3-5,10-12,15H,6-9H2,1-2H3,(H,17,19)/t11-,12-,15-/m0/s1. The van der Waals surface area contributed by atoms with Gasteiger partial charge in [-0.2, -0.15) is 0 Å². The molecule has 0 aromatic heterocycles. The second kappa shape index (κ2) is 5.66. The monoisotopic (exact) mass is 322 g/mol. The highest BCUT2D eigenvalue weighted by Crippen LogP contribution is 2.44. The minimum atomic E-state index is -3.52. The minimum absolute atomic E-state index is 0.151. The average Bonchev–Trinajstić information content (AvgIpc) is 3.09. The number of hydrogen-bond donors (Lipinski definition) is 1. The lowest BCUT2D eigenvalue weighted by Gasteiger charge is -2.23. The quantitative estimate of drug-likeness (QED) is 0.920. The SMILES string of the molecule is CN(C)S(=O)(=O)c1cccc(C(=O)N[C@H]2C[C@H]3CC[C@H]2C3)c1. The van der Waals surface area contributed by atoms with Crippen LogP contribution >= 0.6 is 0 Å². The Morgan fingerprint density at radius 2 is 2.00 bits per heavy atom. The second-order valence-corrected chi connectivity index (χ2v) is 8.72. The number of fused-ring (bicyclic) bond motifs is 2. The third kappa shape index (κ3) is 2.77. The van der Waals surface area contributed by atoms with Gasteiger partial charge in [-0.05, 0) is 49.3 Å². The van der Waals surface area contributed by atoms with E-state index in [1.165, 1.54) is 45.5 Å². The summed E-state index contributed by atoms with van der Waals surface area (Å²) in [4.78, 5) is 12.6. The molecular formula is C16H22N2O3S. The summed E-state index contributed by atoms with van der Waals surface area (Å²) in [5.41, 5.74) is 0.408. The maximum atomic E-state index is 12.4. The normalized spacial score (nSPS) is 27.3. The van der Waals surface area contributed by atoms with Crippen LogP contribution in [0, 0.1) is 11.8 Å². The summed E-state index contributed by atoms with van der Waals surface area (Å²) in [6.07, 6.45) is 4.77. The Labute approximate surface area is 131 Å². The predicted octanol–water partition coefficient (Wildman–Crippen LogP) is 1.86. The second-order valence-electron chi connectivity index (χ2n) is 6.57. The van der Waals surface area contributed by atoms with Gasteiger partial charge in [-0.15, -0.1) is 0 Å². The molecule has 2 aliphatic rings. The van der Waals surface area contributed by atoms with E-state index in [4.69, 9.17) is 0 Å². The van der Waals surface area contributed by atoms with Crippen LogP contribution in [-0.4, -0.2) is 38.8 Å². The number of sulfonamides is 1. The molecule has 1 N–H and O–H groups in total. The summed E-state index contributed by atoms with van der Waals surface area (Å²) in [6.45, 7) is 0. The Balaban J connectivity index is 1.76. The Bertz CT molecular complexity index is 684. The average molecular weight is 322 g/mol. The van der Waals surface area contributed by atoms with Crippen LogP contribution in [-0.2, 0) is 10.0 Å². The molecule has 6 heteroatoms. The summed E-state index contributed by atoms with van der Waals surface area (Å²) in [7, 11) is -0.548. The Kier molecular flexibility index (Phi) is 3.99. The summed E-state index contributed by atoms with van der Waals surface area (Å²) >= 11 is 0. The van der Waals surface area contributed by atoms with Gasteiger partial charge in [0.05, 0.1) is 4.90 Å². The van der Waals surface area contributed by atoms with Crippen molar-refractivity contribution in [2.24, 2.45) is 11.8 Å². The molecule has 2 aliphatic carbocycles. The van der Waals surface area contributed by atoms with Crippen molar-refractivity contribution >= 4 is 15.9 Å². The first-order chi connectivity index (χ1) is 10.4. The fourth-order valence-electron chi connectivity index (χ4n) is 3.68. The Morgan fingerprint density at radius 3 is 2.59 bits per heavy atom. The topological polar surface area (TPSA) is 66.5 Å². The number of benzene rings is 1. The van der Waals surface area contributed by atoms with Crippen molar-refractivity contribution in [2.45, 2.75) is 36.6 Å². The molecule has 3 atom stereocenters. The lowest BCUT2D eigenvalue weighted by Crippen LogP contribution is -2.38. The van der Waals surface area contributed by atoms with E-state index in [-0.39, 0.29) is 16.8 Å². The van der Waals surface area contributed by atoms with E-state index in [1.807, 2.05) is 0 Å². The van der Waals surface area contributed by atoms with Crippen molar-refractivity contribution in [2.75, 3.05) is 14.1 Å². The van der Waals surface area contributed by atoms with Gasteiger partial charge in [-0.25, -0.2) is 12.7 Å². The van der Waals surface area contributed by atoms with Crippen molar-refractivity contribution in [3.63, 3.8) is 0 Å². The number of amides is 1. The van der Waals surface area contributed by atoms with Gasteiger partial charge in [0.25, 0.3) is 5.91 Å². The molecule has 22 heavy (non-hydrogen) atoms. The zero-order valence-electron chi connectivity index (χ0n) is 13.0. The van der Waals surface area contributed by atoms with Gasteiger partial charge < -0.3 is 5.32 Å². The molecule has 0 heterocycles. The van der Waals surface area contributed by atoms with Crippen LogP contribution in [0.3, 0.4) is 0 Å². The largest absolute Gasteiger partial charge is 0.349 e. The lowest BCUT2D eigenvalue weighted by molar-refractivity contribution is 0.0922. The summed E-state index contributed by atoms with van der Waals surface area (Å²) in [5.74, 6) is 1.19. The van der Waals surface area contributed by atoms with Crippen molar-refractivity contribution in [1.29, 1.82) is 0 Å². The van der Waals surface area contributed by atoms with Gasteiger partial charge in [0.2, 0.25) is 10.0 Å². The molecule has 0 unspecified atom stereocenters. The highest BCUT2D eigenvalue weighted by atomic mass is 32.2. The molecule has 0 spiro atoms. The van der Waals surface area contributed by atoms with Crippen LogP contribution in [0.5, 0.6) is 0 Å². The number of rotatable bonds is 4. The van der Waals surface area contributed by atoms with E-state index in [1.54, 1.807) is 12.1 Å².